The van der Waals surface area contributed by atoms with E-state index in [1.165, 1.54) is 19.3 Å². The van der Waals surface area contributed by atoms with Crippen LogP contribution in [0, 0.1) is 6.92 Å². The number of benzene rings is 1. The van der Waals surface area contributed by atoms with Crippen molar-refractivity contribution in [3.8, 4) is 0 Å². The number of rotatable bonds is 3. The summed E-state index contributed by atoms with van der Waals surface area (Å²) in [6.45, 7) is 5.67. The number of hydrogen-bond acceptors (Lipinski definition) is 2. The topological polar surface area (TPSA) is 40.5 Å². The molecular weight excluding hydrogens is 262 g/mol. The molecule has 4 heteroatoms. The first-order chi connectivity index (χ1) is 9.02. The summed E-state index contributed by atoms with van der Waals surface area (Å²) in [5.41, 5.74) is 2.73. The van der Waals surface area contributed by atoms with E-state index in [-0.39, 0.29) is 0 Å². The highest BCUT2D eigenvalue weighted by molar-refractivity contribution is 6.34. The molecule has 1 saturated heterocycles. The first kappa shape index (κ1) is 14.2. The van der Waals surface area contributed by atoms with Crippen molar-refractivity contribution in [2.75, 3.05) is 18.0 Å². The largest absolute Gasteiger partial charge is 0.481 e. The summed E-state index contributed by atoms with van der Waals surface area (Å²) >= 11 is 6.45. The van der Waals surface area contributed by atoms with Crippen LogP contribution in [0.2, 0.25) is 5.02 Å². The number of carbonyl (C=O) groups is 1. The molecule has 1 N–H and O–H groups in total. The lowest BCUT2D eigenvalue weighted by Crippen LogP contribution is -2.29. The molecule has 1 atom stereocenters. The molecular formula is C15H20ClNO2. The van der Waals surface area contributed by atoms with Crippen molar-refractivity contribution in [1.82, 2.24) is 0 Å². The van der Waals surface area contributed by atoms with Gasteiger partial charge in [0.05, 0.1) is 16.6 Å². The Balaban J connectivity index is 2.33. The number of carboxylic acid groups (broad SMARTS) is 1. The molecule has 0 radical (unpaired) electrons. The SMILES string of the molecule is Cc1c(C(C)C(=O)O)ccc(N2CCCCC2)c1Cl. The Bertz CT molecular complexity index is 481. The van der Waals surface area contributed by atoms with E-state index in [2.05, 4.69) is 4.90 Å². The number of carboxylic acids is 1. The molecule has 19 heavy (non-hydrogen) atoms. The molecule has 0 aromatic heterocycles. The Morgan fingerprint density at radius 1 is 1.32 bits per heavy atom. The van der Waals surface area contributed by atoms with E-state index >= 15 is 0 Å². The number of anilines is 1. The van der Waals surface area contributed by atoms with E-state index in [1.54, 1.807) is 6.92 Å². The van der Waals surface area contributed by atoms with Gasteiger partial charge >= 0.3 is 5.97 Å². The predicted octanol–water partition coefficient (Wildman–Crippen LogP) is 3.83. The van der Waals surface area contributed by atoms with Gasteiger partial charge < -0.3 is 10.0 Å². The Kier molecular flexibility index (Phi) is 4.35. The molecule has 1 aliphatic heterocycles. The minimum absolute atomic E-state index is 0.520. The third-order valence-electron chi connectivity index (χ3n) is 3.94. The van der Waals surface area contributed by atoms with Crippen molar-refractivity contribution in [2.24, 2.45) is 0 Å². The molecule has 1 aromatic carbocycles. The van der Waals surface area contributed by atoms with Crippen LogP contribution in [0.15, 0.2) is 12.1 Å². The van der Waals surface area contributed by atoms with Crippen molar-refractivity contribution < 1.29 is 9.90 Å². The number of piperidine rings is 1. The highest BCUT2D eigenvalue weighted by atomic mass is 35.5. The van der Waals surface area contributed by atoms with Crippen molar-refractivity contribution in [3.05, 3.63) is 28.3 Å². The van der Waals surface area contributed by atoms with E-state index in [4.69, 9.17) is 16.7 Å². The van der Waals surface area contributed by atoms with Crippen LogP contribution in [0.3, 0.4) is 0 Å². The summed E-state index contributed by atoms with van der Waals surface area (Å²) < 4.78 is 0. The van der Waals surface area contributed by atoms with Crippen LogP contribution in [-0.4, -0.2) is 24.2 Å². The van der Waals surface area contributed by atoms with Crippen molar-refractivity contribution in [2.45, 2.75) is 39.0 Å². The molecule has 0 aliphatic carbocycles. The second kappa shape index (κ2) is 5.83. The molecule has 2 rings (SSSR count). The fraction of sp³-hybridized carbons (Fsp3) is 0.533. The minimum atomic E-state index is -0.815. The maximum Gasteiger partial charge on any atom is 0.310 e. The van der Waals surface area contributed by atoms with Gasteiger partial charge in [-0.05, 0) is 50.3 Å². The number of aliphatic carboxylic acids is 1. The minimum Gasteiger partial charge on any atom is -0.481 e. The van der Waals surface area contributed by atoms with Crippen molar-refractivity contribution >= 4 is 23.3 Å². The quantitative estimate of drug-likeness (QED) is 0.915. The van der Waals surface area contributed by atoms with Gasteiger partial charge in [-0.3, -0.25) is 4.79 Å². The Morgan fingerprint density at radius 2 is 1.95 bits per heavy atom. The van der Waals surface area contributed by atoms with Crippen LogP contribution in [0.4, 0.5) is 5.69 Å². The van der Waals surface area contributed by atoms with Crippen molar-refractivity contribution in [1.29, 1.82) is 0 Å². The molecule has 1 unspecified atom stereocenters. The lowest BCUT2D eigenvalue weighted by Gasteiger charge is -2.30. The van der Waals surface area contributed by atoms with E-state index in [0.29, 0.717) is 5.02 Å². The van der Waals surface area contributed by atoms with Crippen LogP contribution in [-0.2, 0) is 4.79 Å². The Labute approximate surface area is 119 Å². The van der Waals surface area contributed by atoms with Gasteiger partial charge in [0, 0.05) is 13.1 Å². The van der Waals surface area contributed by atoms with Crippen LogP contribution in [0.1, 0.15) is 43.2 Å². The highest BCUT2D eigenvalue weighted by Crippen LogP contribution is 2.35. The zero-order valence-corrected chi connectivity index (χ0v) is 12.2. The predicted molar refractivity (Wildman–Crippen MR) is 78.3 cm³/mol. The summed E-state index contributed by atoms with van der Waals surface area (Å²) in [5.74, 6) is -1.34. The van der Waals surface area contributed by atoms with E-state index in [9.17, 15) is 4.79 Å². The van der Waals surface area contributed by atoms with Crippen LogP contribution >= 0.6 is 11.6 Å². The third-order valence-corrected chi connectivity index (χ3v) is 4.42. The van der Waals surface area contributed by atoms with Crippen LogP contribution in [0.25, 0.3) is 0 Å². The van der Waals surface area contributed by atoms with Crippen LogP contribution < -0.4 is 4.90 Å². The maximum absolute atomic E-state index is 11.1. The summed E-state index contributed by atoms with van der Waals surface area (Å²) in [6.07, 6.45) is 3.67. The fourth-order valence-corrected chi connectivity index (χ4v) is 2.96. The Morgan fingerprint density at radius 3 is 2.53 bits per heavy atom. The van der Waals surface area contributed by atoms with E-state index in [1.807, 2.05) is 19.1 Å². The van der Waals surface area contributed by atoms with Gasteiger partial charge in [-0.25, -0.2) is 0 Å². The van der Waals surface area contributed by atoms with E-state index < -0.39 is 11.9 Å². The molecule has 0 saturated carbocycles. The standard InChI is InChI=1S/C15H20ClNO2/c1-10-12(11(2)15(18)19)6-7-13(14(10)16)17-8-4-3-5-9-17/h6-7,11H,3-5,8-9H2,1-2H3,(H,18,19). The van der Waals surface area contributed by atoms with Gasteiger partial charge in [-0.1, -0.05) is 17.7 Å². The molecule has 3 nitrogen and oxygen atoms in total. The van der Waals surface area contributed by atoms with E-state index in [0.717, 1.165) is 29.9 Å². The lowest BCUT2D eigenvalue weighted by molar-refractivity contribution is -0.138. The monoisotopic (exact) mass is 281 g/mol. The van der Waals surface area contributed by atoms with Crippen molar-refractivity contribution in [3.63, 3.8) is 0 Å². The van der Waals surface area contributed by atoms with Gasteiger partial charge in [-0.15, -0.1) is 0 Å². The molecule has 1 fully saturated rings. The van der Waals surface area contributed by atoms with Gasteiger partial charge in [-0.2, -0.15) is 0 Å². The molecule has 0 bridgehead atoms. The molecule has 0 spiro atoms. The molecule has 1 heterocycles. The van der Waals surface area contributed by atoms with Gasteiger partial charge in [0.15, 0.2) is 0 Å². The van der Waals surface area contributed by atoms with Gasteiger partial charge in [0.2, 0.25) is 0 Å². The third kappa shape index (κ3) is 2.86. The Hall–Kier alpha value is -1.22. The summed E-state index contributed by atoms with van der Waals surface area (Å²) in [6, 6.07) is 3.87. The summed E-state index contributed by atoms with van der Waals surface area (Å²) in [5, 5.41) is 9.82. The number of nitrogens with zero attached hydrogens (tertiary/aromatic N) is 1. The molecule has 1 aromatic rings. The van der Waals surface area contributed by atoms with Gasteiger partial charge in [0.25, 0.3) is 0 Å². The fourth-order valence-electron chi connectivity index (χ4n) is 2.67. The first-order valence-electron chi connectivity index (χ1n) is 6.79. The normalized spacial score (nSPS) is 17.3. The molecule has 104 valence electrons. The maximum atomic E-state index is 11.1. The summed E-state index contributed by atoms with van der Waals surface area (Å²) in [7, 11) is 0. The average Bonchev–Trinajstić information content (AvgIpc) is 2.42. The second-order valence-electron chi connectivity index (χ2n) is 5.22. The zero-order valence-electron chi connectivity index (χ0n) is 11.4. The zero-order chi connectivity index (χ0) is 14.0. The summed E-state index contributed by atoms with van der Waals surface area (Å²) in [4.78, 5) is 13.4. The average molecular weight is 282 g/mol. The number of halogens is 1. The smallest absolute Gasteiger partial charge is 0.310 e. The molecule has 0 amide bonds. The lowest BCUT2D eigenvalue weighted by atomic mass is 9.95. The molecule has 1 aliphatic rings. The first-order valence-corrected chi connectivity index (χ1v) is 7.17. The highest BCUT2D eigenvalue weighted by Gasteiger charge is 2.21. The second-order valence-corrected chi connectivity index (χ2v) is 5.60. The number of hydrogen-bond donors (Lipinski definition) is 1. The van der Waals surface area contributed by atoms with Crippen LogP contribution in [0.5, 0.6) is 0 Å². The van der Waals surface area contributed by atoms with Gasteiger partial charge in [0.1, 0.15) is 0 Å².